The second kappa shape index (κ2) is 8.26. The minimum atomic E-state index is -3.40. The Morgan fingerprint density at radius 3 is 2.32 bits per heavy atom. The van der Waals surface area contributed by atoms with E-state index in [0.29, 0.717) is 17.0 Å². The molecule has 1 aromatic heterocycles. The first-order chi connectivity index (χ1) is 13.3. The minimum absolute atomic E-state index is 0.167. The molecule has 0 bridgehead atoms. The number of amides is 1. The number of thiophene rings is 1. The quantitative estimate of drug-likeness (QED) is 0.482. The Hall–Kier alpha value is -2.48. The molecule has 0 spiro atoms. The zero-order valence-electron chi connectivity index (χ0n) is 15.6. The third-order valence-electron chi connectivity index (χ3n) is 4.43. The Morgan fingerprint density at radius 1 is 1.04 bits per heavy atom. The van der Waals surface area contributed by atoms with Gasteiger partial charge in [-0.3, -0.25) is 10.0 Å². The van der Waals surface area contributed by atoms with E-state index in [1.807, 2.05) is 41.8 Å². The number of nitrogens with zero attached hydrogens (tertiary/aromatic N) is 1. The molecule has 0 unspecified atom stereocenters. The first-order valence-electron chi connectivity index (χ1n) is 8.69. The molecular formula is C21H21NO4S2. The van der Waals surface area contributed by atoms with Crippen LogP contribution in [0.3, 0.4) is 0 Å². The molecule has 0 aliphatic rings. The van der Waals surface area contributed by atoms with Gasteiger partial charge in [-0.1, -0.05) is 48.5 Å². The van der Waals surface area contributed by atoms with Gasteiger partial charge in [-0.2, -0.15) is 0 Å². The molecule has 146 valence electrons. The van der Waals surface area contributed by atoms with Gasteiger partial charge in [0, 0.05) is 41.3 Å². The van der Waals surface area contributed by atoms with E-state index in [1.54, 1.807) is 18.2 Å². The van der Waals surface area contributed by atoms with Crippen LogP contribution in [0.1, 0.15) is 11.3 Å². The highest BCUT2D eigenvalue weighted by Gasteiger charge is 2.21. The predicted octanol–water partition coefficient (Wildman–Crippen LogP) is 4.27. The average Bonchev–Trinajstić information content (AvgIpc) is 3.09. The largest absolute Gasteiger partial charge is 0.286 e. The van der Waals surface area contributed by atoms with Crippen LogP contribution in [0.15, 0.2) is 64.9 Å². The van der Waals surface area contributed by atoms with Gasteiger partial charge in [0.15, 0.2) is 9.84 Å². The molecule has 3 rings (SSSR count). The third kappa shape index (κ3) is 4.32. The maximum absolute atomic E-state index is 12.3. The Labute approximate surface area is 168 Å². The molecule has 0 atom stereocenters. The fourth-order valence-electron chi connectivity index (χ4n) is 3.10. The van der Waals surface area contributed by atoms with Gasteiger partial charge in [-0.05, 0) is 23.4 Å². The second-order valence-corrected chi connectivity index (χ2v) is 9.45. The van der Waals surface area contributed by atoms with Gasteiger partial charge >= 0.3 is 0 Å². The first kappa shape index (κ1) is 20.3. The van der Waals surface area contributed by atoms with Gasteiger partial charge in [-0.25, -0.2) is 13.5 Å². The van der Waals surface area contributed by atoms with Gasteiger partial charge in [-0.15, -0.1) is 11.3 Å². The fourth-order valence-corrected chi connectivity index (χ4v) is 5.07. The van der Waals surface area contributed by atoms with Crippen LogP contribution in [0.25, 0.3) is 22.3 Å². The molecule has 0 aliphatic heterocycles. The summed E-state index contributed by atoms with van der Waals surface area (Å²) >= 11 is 1.49. The van der Waals surface area contributed by atoms with Crippen molar-refractivity contribution in [1.29, 1.82) is 0 Å². The van der Waals surface area contributed by atoms with Crippen molar-refractivity contribution in [3.63, 3.8) is 0 Å². The van der Waals surface area contributed by atoms with Crippen molar-refractivity contribution in [2.45, 2.75) is 17.7 Å². The summed E-state index contributed by atoms with van der Waals surface area (Å²) in [6, 6.07) is 16.7. The van der Waals surface area contributed by atoms with E-state index in [0.717, 1.165) is 21.6 Å². The van der Waals surface area contributed by atoms with Crippen LogP contribution in [0, 0.1) is 0 Å². The molecule has 0 saturated heterocycles. The van der Waals surface area contributed by atoms with Crippen molar-refractivity contribution in [3.05, 3.63) is 64.9 Å². The van der Waals surface area contributed by atoms with Crippen LogP contribution >= 0.6 is 11.3 Å². The number of carbonyl (C=O) groups is 1. The van der Waals surface area contributed by atoms with E-state index in [1.165, 1.54) is 24.6 Å². The topological polar surface area (TPSA) is 74.7 Å². The number of hydrogen-bond donors (Lipinski definition) is 1. The molecule has 2 aromatic carbocycles. The maximum atomic E-state index is 12.3. The highest BCUT2D eigenvalue weighted by Crippen LogP contribution is 2.42. The molecule has 0 radical (unpaired) electrons. The summed E-state index contributed by atoms with van der Waals surface area (Å²) in [5.41, 5.74) is 3.37. The number of sulfone groups is 1. The van der Waals surface area contributed by atoms with Crippen LogP contribution in [-0.2, 0) is 21.1 Å². The van der Waals surface area contributed by atoms with Crippen LogP contribution in [-0.4, -0.2) is 37.9 Å². The summed E-state index contributed by atoms with van der Waals surface area (Å²) < 4.78 is 24.6. The molecule has 1 amide bonds. The van der Waals surface area contributed by atoms with Crippen LogP contribution in [0.2, 0.25) is 0 Å². The number of hydrogen-bond acceptors (Lipinski definition) is 5. The van der Waals surface area contributed by atoms with E-state index in [4.69, 9.17) is 0 Å². The molecule has 0 aliphatic carbocycles. The lowest BCUT2D eigenvalue weighted by molar-refractivity contribution is -0.159. The van der Waals surface area contributed by atoms with Crippen molar-refractivity contribution >= 4 is 27.1 Å². The minimum Gasteiger partial charge on any atom is -0.286 e. The highest BCUT2D eigenvalue weighted by molar-refractivity contribution is 7.90. The highest BCUT2D eigenvalue weighted by atomic mass is 32.2. The zero-order valence-corrected chi connectivity index (χ0v) is 17.3. The Morgan fingerprint density at radius 2 is 1.68 bits per heavy atom. The molecule has 0 fully saturated rings. The summed E-state index contributed by atoms with van der Waals surface area (Å²) in [7, 11) is -2.09. The van der Waals surface area contributed by atoms with E-state index < -0.39 is 9.84 Å². The lowest BCUT2D eigenvalue weighted by Crippen LogP contribution is -2.22. The summed E-state index contributed by atoms with van der Waals surface area (Å²) in [5, 5.41) is 11.8. The molecule has 28 heavy (non-hydrogen) atoms. The number of benzene rings is 2. The van der Waals surface area contributed by atoms with E-state index >= 15 is 0 Å². The third-order valence-corrected chi connectivity index (χ3v) is 6.63. The Balaban J connectivity index is 2.15. The molecule has 1 N–H and O–H groups in total. The second-order valence-electron chi connectivity index (χ2n) is 6.50. The van der Waals surface area contributed by atoms with E-state index in [-0.39, 0.29) is 17.2 Å². The van der Waals surface area contributed by atoms with Crippen LogP contribution < -0.4 is 0 Å². The predicted molar refractivity (Wildman–Crippen MR) is 111 cm³/mol. The number of hydroxylamine groups is 2. The summed E-state index contributed by atoms with van der Waals surface area (Å²) in [5.74, 6) is -0.370. The van der Waals surface area contributed by atoms with Crippen molar-refractivity contribution in [2.24, 2.45) is 0 Å². The van der Waals surface area contributed by atoms with Crippen LogP contribution in [0.4, 0.5) is 0 Å². The van der Waals surface area contributed by atoms with Crippen molar-refractivity contribution in [3.8, 4) is 22.3 Å². The van der Waals surface area contributed by atoms with Gasteiger partial charge in [0.1, 0.15) is 0 Å². The number of aryl methyl sites for hydroxylation is 1. The first-order valence-corrected chi connectivity index (χ1v) is 11.5. The Kier molecular flexibility index (Phi) is 5.98. The number of rotatable bonds is 6. The lowest BCUT2D eigenvalue weighted by Gasteiger charge is -2.12. The lowest BCUT2D eigenvalue weighted by atomic mass is 9.95. The molecule has 5 nitrogen and oxygen atoms in total. The summed E-state index contributed by atoms with van der Waals surface area (Å²) in [6.07, 6.45) is 1.83. The summed E-state index contributed by atoms with van der Waals surface area (Å²) in [4.78, 5) is 13.1. The smallest absolute Gasteiger partial charge is 0.246 e. The van der Waals surface area contributed by atoms with Gasteiger partial charge < -0.3 is 0 Å². The van der Waals surface area contributed by atoms with E-state index in [2.05, 4.69) is 0 Å². The summed E-state index contributed by atoms with van der Waals surface area (Å²) in [6.45, 7) is 0. The molecule has 1 heterocycles. The fraction of sp³-hybridized carbons (Fsp3) is 0.190. The van der Waals surface area contributed by atoms with Crippen LogP contribution in [0.5, 0.6) is 0 Å². The zero-order chi connectivity index (χ0) is 20.3. The normalized spacial score (nSPS) is 11.4. The standard InChI is InChI=1S/C21H21NO4S2/c1-22(24)20(23)13-12-18-21(15-8-4-3-5-9-15)17(14-27-18)16-10-6-7-11-19(16)28(2,25)26/h3-11,14,24H,12-13H2,1-2H3. The molecule has 0 saturated carbocycles. The van der Waals surface area contributed by atoms with Crippen molar-refractivity contribution in [1.82, 2.24) is 5.06 Å². The van der Waals surface area contributed by atoms with Gasteiger partial charge in [0.25, 0.3) is 0 Å². The van der Waals surface area contributed by atoms with Crippen molar-refractivity contribution in [2.75, 3.05) is 13.3 Å². The molecular weight excluding hydrogens is 394 g/mol. The van der Waals surface area contributed by atoms with Gasteiger partial charge in [0.2, 0.25) is 5.91 Å². The monoisotopic (exact) mass is 415 g/mol. The molecule has 7 heteroatoms. The number of carbonyl (C=O) groups excluding carboxylic acids is 1. The SMILES string of the molecule is CN(O)C(=O)CCc1scc(-c2ccccc2S(C)(=O)=O)c1-c1ccccc1. The van der Waals surface area contributed by atoms with E-state index in [9.17, 15) is 18.4 Å². The Bertz CT molecular complexity index is 1090. The maximum Gasteiger partial charge on any atom is 0.246 e. The van der Waals surface area contributed by atoms with Gasteiger partial charge in [0.05, 0.1) is 4.90 Å². The molecule has 3 aromatic rings. The average molecular weight is 416 g/mol. The van der Waals surface area contributed by atoms with Crippen molar-refractivity contribution < 1.29 is 18.4 Å².